The Balaban J connectivity index is 1.78. The van der Waals surface area contributed by atoms with Gasteiger partial charge in [0.25, 0.3) is 0 Å². The topological polar surface area (TPSA) is 88.4 Å². The van der Waals surface area contributed by atoms with Crippen molar-refractivity contribution in [2.45, 2.75) is 68.6 Å². The fraction of sp³-hybridized carbons (Fsp3) is 1.00. The van der Waals surface area contributed by atoms with Crippen LogP contribution in [0.25, 0.3) is 0 Å². The van der Waals surface area contributed by atoms with Crippen molar-refractivity contribution in [3.05, 3.63) is 0 Å². The van der Waals surface area contributed by atoms with E-state index in [1.54, 1.807) is 0 Å². The molecule has 1 spiro atoms. The number of aliphatic hydroxyl groups excluding tert-OH is 3. The number of ether oxygens (including phenoxy) is 3. The third kappa shape index (κ3) is 1.97. The molecule has 6 nitrogen and oxygen atoms in total. The minimum Gasteiger partial charge on any atom is -0.394 e. The van der Waals surface area contributed by atoms with Gasteiger partial charge < -0.3 is 29.5 Å². The molecule has 0 aromatic carbocycles. The summed E-state index contributed by atoms with van der Waals surface area (Å²) in [7, 11) is 0. The minimum absolute atomic E-state index is 0.349. The number of aliphatic hydroxyl groups is 3. The van der Waals surface area contributed by atoms with Crippen LogP contribution in [0.4, 0.5) is 0 Å². The Hall–Kier alpha value is -0.240. The molecule has 2 aliphatic heterocycles. The van der Waals surface area contributed by atoms with E-state index in [4.69, 9.17) is 19.3 Å². The lowest BCUT2D eigenvalue weighted by Gasteiger charge is -2.36. The predicted octanol–water partition coefficient (Wildman–Crippen LogP) is -0.499. The Morgan fingerprint density at radius 1 is 1.00 bits per heavy atom. The highest BCUT2D eigenvalue weighted by Gasteiger charge is 2.57. The van der Waals surface area contributed by atoms with Crippen LogP contribution in [0.15, 0.2) is 0 Å². The molecule has 2 saturated heterocycles. The maximum atomic E-state index is 10.1. The fourth-order valence-corrected chi connectivity index (χ4v) is 3.17. The lowest BCUT2D eigenvalue weighted by atomic mass is 9.94. The van der Waals surface area contributed by atoms with Crippen LogP contribution in [0.3, 0.4) is 0 Å². The van der Waals surface area contributed by atoms with Crippen LogP contribution in [0.2, 0.25) is 0 Å². The van der Waals surface area contributed by atoms with Crippen molar-refractivity contribution in [2.75, 3.05) is 6.61 Å². The van der Waals surface area contributed by atoms with E-state index in [2.05, 4.69) is 0 Å². The molecule has 3 rings (SSSR count). The SMILES string of the molecule is OC[C@H]1OC(O)[C@H]2OC3(CCCCC3)O[C@H]2[C@@H]1O. The highest BCUT2D eigenvalue weighted by Crippen LogP contribution is 2.44. The van der Waals surface area contributed by atoms with Crippen molar-refractivity contribution in [1.82, 2.24) is 0 Å². The van der Waals surface area contributed by atoms with Crippen LogP contribution in [0.1, 0.15) is 32.1 Å². The van der Waals surface area contributed by atoms with Crippen LogP contribution >= 0.6 is 0 Å². The van der Waals surface area contributed by atoms with Crippen molar-refractivity contribution in [3.63, 3.8) is 0 Å². The molecule has 0 aromatic rings. The Kier molecular flexibility index (Phi) is 3.34. The highest BCUT2D eigenvalue weighted by molar-refractivity contribution is 4.98. The van der Waals surface area contributed by atoms with Crippen LogP contribution in [-0.4, -0.2) is 58.4 Å². The van der Waals surface area contributed by atoms with Gasteiger partial charge in [-0.15, -0.1) is 0 Å². The smallest absolute Gasteiger partial charge is 0.184 e. The number of hydrogen-bond acceptors (Lipinski definition) is 6. The predicted molar refractivity (Wildman–Crippen MR) is 59.5 cm³/mol. The second kappa shape index (κ2) is 4.70. The Bertz CT molecular complexity index is 303. The molecule has 0 bridgehead atoms. The second-order valence-electron chi connectivity index (χ2n) is 5.37. The molecule has 2 heterocycles. The van der Waals surface area contributed by atoms with E-state index >= 15 is 0 Å². The van der Waals surface area contributed by atoms with Gasteiger partial charge in [0.15, 0.2) is 12.1 Å². The summed E-state index contributed by atoms with van der Waals surface area (Å²) in [5.74, 6) is -0.677. The van der Waals surface area contributed by atoms with E-state index in [0.29, 0.717) is 0 Å². The van der Waals surface area contributed by atoms with E-state index in [1.807, 2.05) is 0 Å². The molecule has 3 N–H and O–H groups in total. The second-order valence-corrected chi connectivity index (χ2v) is 5.37. The summed E-state index contributed by atoms with van der Waals surface area (Å²) < 4.78 is 16.9. The van der Waals surface area contributed by atoms with Gasteiger partial charge >= 0.3 is 0 Å². The summed E-state index contributed by atoms with van der Waals surface area (Å²) in [6.07, 6.45) is 0.540. The van der Waals surface area contributed by atoms with Gasteiger partial charge in [-0.25, -0.2) is 0 Å². The molecule has 0 aromatic heterocycles. The molecule has 18 heavy (non-hydrogen) atoms. The molecular formula is C12H20O6. The van der Waals surface area contributed by atoms with E-state index in [0.717, 1.165) is 32.1 Å². The maximum absolute atomic E-state index is 10.1. The lowest BCUT2D eigenvalue weighted by molar-refractivity contribution is -0.264. The molecule has 0 amide bonds. The third-order valence-electron chi connectivity index (χ3n) is 4.13. The number of fused-ring (bicyclic) bond motifs is 1. The van der Waals surface area contributed by atoms with E-state index in [-0.39, 0.29) is 6.61 Å². The monoisotopic (exact) mass is 260 g/mol. The van der Waals surface area contributed by atoms with Gasteiger partial charge in [0.2, 0.25) is 0 Å². The first-order chi connectivity index (χ1) is 8.65. The van der Waals surface area contributed by atoms with Crippen molar-refractivity contribution >= 4 is 0 Å². The fourth-order valence-electron chi connectivity index (χ4n) is 3.17. The summed E-state index contributed by atoms with van der Waals surface area (Å²) in [5, 5.41) is 29.0. The van der Waals surface area contributed by atoms with Crippen LogP contribution in [0.5, 0.6) is 0 Å². The Morgan fingerprint density at radius 2 is 1.67 bits per heavy atom. The summed E-state index contributed by atoms with van der Waals surface area (Å²) in [6.45, 7) is -0.349. The number of hydrogen-bond donors (Lipinski definition) is 3. The quantitative estimate of drug-likeness (QED) is 0.589. The van der Waals surface area contributed by atoms with Gasteiger partial charge in [0, 0.05) is 12.8 Å². The van der Waals surface area contributed by atoms with E-state index < -0.39 is 36.5 Å². The van der Waals surface area contributed by atoms with Crippen LogP contribution in [0, 0.1) is 0 Å². The van der Waals surface area contributed by atoms with Gasteiger partial charge in [0.1, 0.15) is 24.4 Å². The summed E-state index contributed by atoms with van der Waals surface area (Å²) in [4.78, 5) is 0. The normalized spacial score (nSPS) is 47.2. The molecule has 1 aliphatic carbocycles. The zero-order chi connectivity index (χ0) is 12.8. The van der Waals surface area contributed by atoms with Crippen molar-refractivity contribution in [3.8, 4) is 0 Å². The lowest BCUT2D eigenvalue weighted by Crippen LogP contribution is -2.57. The minimum atomic E-state index is -1.16. The first kappa shape index (κ1) is 12.8. The van der Waals surface area contributed by atoms with Gasteiger partial charge in [0.05, 0.1) is 6.61 Å². The Morgan fingerprint density at radius 3 is 2.33 bits per heavy atom. The highest BCUT2D eigenvalue weighted by atomic mass is 16.8. The summed E-state index contributed by atoms with van der Waals surface area (Å²) in [5.41, 5.74) is 0. The molecule has 104 valence electrons. The zero-order valence-electron chi connectivity index (χ0n) is 10.2. The van der Waals surface area contributed by atoms with Crippen molar-refractivity contribution in [2.24, 2.45) is 0 Å². The molecule has 6 heteroatoms. The molecular weight excluding hydrogens is 240 g/mol. The summed E-state index contributed by atoms with van der Waals surface area (Å²) >= 11 is 0. The molecule has 1 saturated carbocycles. The average molecular weight is 260 g/mol. The van der Waals surface area contributed by atoms with Crippen LogP contribution in [-0.2, 0) is 14.2 Å². The molecule has 1 unspecified atom stereocenters. The molecule has 3 aliphatic rings. The van der Waals surface area contributed by atoms with Gasteiger partial charge in [-0.2, -0.15) is 0 Å². The van der Waals surface area contributed by atoms with E-state index in [9.17, 15) is 10.2 Å². The first-order valence-corrected chi connectivity index (χ1v) is 6.63. The summed E-state index contributed by atoms with van der Waals surface area (Å²) in [6, 6.07) is 0. The van der Waals surface area contributed by atoms with Gasteiger partial charge in [-0.05, 0) is 12.8 Å². The van der Waals surface area contributed by atoms with Crippen molar-refractivity contribution < 1.29 is 29.5 Å². The molecule has 0 radical (unpaired) electrons. The standard InChI is InChI=1S/C12H20O6/c13-6-7-8(14)9-10(11(15)16-7)18-12(17-9)4-2-1-3-5-12/h7-11,13-15H,1-6H2/t7-,8-,9+,10+,11?/m1/s1. The first-order valence-electron chi connectivity index (χ1n) is 6.63. The van der Waals surface area contributed by atoms with Crippen LogP contribution < -0.4 is 0 Å². The van der Waals surface area contributed by atoms with E-state index in [1.165, 1.54) is 0 Å². The van der Waals surface area contributed by atoms with Gasteiger partial charge in [-0.1, -0.05) is 6.42 Å². The Labute approximate surface area is 105 Å². The zero-order valence-corrected chi connectivity index (χ0v) is 10.2. The maximum Gasteiger partial charge on any atom is 0.184 e. The largest absolute Gasteiger partial charge is 0.394 e. The molecule has 5 atom stereocenters. The third-order valence-corrected chi connectivity index (χ3v) is 4.13. The van der Waals surface area contributed by atoms with Crippen molar-refractivity contribution in [1.29, 1.82) is 0 Å². The molecule has 3 fully saturated rings. The number of rotatable bonds is 1. The van der Waals surface area contributed by atoms with Gasteiger partial charge in [-0.3, -0.25) is 0 Å². The average Bonchev–Trinajstić information content (AvgIpc) is 2.75.